The van der Waals surface area contributed by atoms with E-state index in [4.69, 9.17) is 14.2 Å². The first kappa shape index (κ1) is 27.3. The van der Waals surface area contributed by atoms with Gasteiger partial charge >= 0.3 is 6.09 Å². The summed E-state index contributed by atoms with van der Waals surface area (Å²) in [5.74, 6) is -1.42. The number of morpholine rings is 1. The maximum absolute atomic E-state index is 15.3. The molecule has 0 saturated carbocycles. The second-order valence-corrected chi connectivity index (χ2v) is 9.91. The molecule has 2 saturated heterocycles. The summed E-state index contributed by atoms with van der Waals surface area (Å²) in [5, 5.41) is 18.1. The number of amides is 1. The molecule has 4 heterocycles. The standard InChI is InChI=1S/C25H31F2N7O4/c1-25(2,3)38-24(35)32-19-14-37-9-5-17(19)30-22-16(26)12-15(13-28)21(33-22)31-18-4-6-29-23(20(18)27)34-7-10-36-11-8-34/h4,6,12,17,19H,5,7-11,14H2,1-3H3,(H,32,35)(H2,29,30,31,33)/t17-,19+/m1/s1. The van der Waals surface area contributed by atoms with Crippen molar-refractivity contribution in [2.45, 2.75) is 44.9 Å². The van der Waals surface area contributed by atoms with E-state index in [2.05, 4.69) is 25.9 Å². The highest BCUT2D eigenvalue weighted by Gasteiger charge is 2.30. The van der Waals surface area contributed by atoms with Crippen molar-refractivity contribution in [1.82, 2.24) is 15.3 Å². The van der Waals surface area contributed by atoms with Gasteiger partial charge in [0.1, 0.15) is 11.7 Å². The fraction of sp³-hybridized carbons (Fsp3) is 0.520. The van der Waals surface area contributed by atoms with Crippen molar-refractivity contribution < 1.29 is 27.8 Å². The minimum atomic E-state index is -0.765. The van der Waals surface area contributed by atoms with Gasteiger partial charge in [-0.2, -0.15) is 5.26 Å². The monoisotopic (exact) mass is 531 g/mol. The van der Waals surface area contributed by atoms with E-state index in [1.165, 1.54) is 12.3 Å². The van der Waals surface area contributed by atoms with E-state index in [0.717, 1.165) is 6.07 Å². The van der Waals surface area contributed by atoms with Crippen molar-refractivity contribution >= 4 is 29.2 Å². The van der Waals surface area contributed by atoms with Gasteiger partial charge in [0.15, 0.2) is 29.1 Å². The van der Waals surface area contributed by atoms with Crippen molar-refractivity contribution in [2.24, 2.45) is 0 Å². The van der Waals surface area contributed by atoms with E-state index in [0.29, 0.717) is 39.3 Å². The average Bonchev–Trinajstić information content (AvgIpc) is 2.87. The van der Waals surface area contributed by atoms with E-state index in [-0.39, 0.29) is 35.3 Å². The van der Waals surface area contributed by atoms with Gasteiger partial charge in [-0.1, -0.05) is 0 Å². The van der Waals surface area contributed by atoms with Crippen LogP contribution in [0.3, 0.4) is 0 Å². The van der Waals surface area contributed by atoms with Crippen LogP contribution in [0.25, 0.3) is 0 Å². The summed E-state index contributed by atoms with van der Waals surface area (Å²) in [6.07, 6.45) is 1.27. The highest BCUT2D eigenvalue weighted by atomic mass is 19.1. The van der Waals surface area contributed by atoms with E-state index in [9.17, 15) is 14.4 Å². The number of rotatable bonds is 6. The maximum atomic E-state index is 15.3. The summed E-state index contributed by atoms with van der Waals surface area (Å²) in [6, 6.07) is 3.36. The largest absolute Gasteiger partial charge is 0.444 e. The van der Waals surface area contributed by atoms with Crippen LogP contribution in [0.5, 0.6) is 0 Å². The summed E-state index contributed by atoms with van der Waals surface area (Å²) in [4.78, 5) is 22.5. The lowest BCUT2D eigenvalue weighted by molar-refractivity contribution is 0.0317. The minimum Gasteiger partial charge on any atom is -0.444 e. The molecule has 0 spiro atoms. The molecule has 0 aliphatic carbocycles. The molecule has 0 radical (unpaired) electrons. The number of nitrogens with one attached hydrogen (secondary N) is 3. The average molecular weight is 532 g/mol. The summed E-state index contributed by atoms with van der Waals surface area (Å²) in [7, 11) is 0. The number of halogens is 2. The van der Waals surface area contributed by atoms with Crippen molar-refractivity contribution in [1.29, 1.82) is 5.26 Å². The number of alkyl carbamates (subject to hydrolysis) is 1. The zero-order valence-corrected chi connectivity index (χ0v) is 21.5. The van der Waals surface area contributed by atoms with Gasteiger partial charge in [0.05, 0.1) is 43.2 Å². The second-order valence-electron chi connectivity index (χ2n) is 9.91. The van der Waals surface area contributed by atoms with Crippen molar-refractivity contribution in [3.8, 4) is 6.07 Å². The SMILES string of the molecule is CC(C)(C)OC(=O)N[C@H]1COCC[C@H]1Nc1nc(Nc2ccnc(N3CCOCC3)c2F)c(C#N)cc1F. The van der Waals surface area contributed by atoms with E-state index < -0.39 is 35.4 Å². The zero-order valence-electron chi connectivity index (χ0n) is 21.5. The third kappa shape index (κ3) is 6.76. The minimum absolute atomic E-state index is 0.0295. The van der Waals surface area contributed by atoms with Gasteiger partial charge in [0.2, 0.25) is 0 Å². The van der Waals surface area contributed by atoms with Crippen LogP contribution in [0, 0.1) is 23.0 Å². The molecule has 0 unspecified atom stereocenters. The highest BCUT2D eigenvalue weighted by Crippen LogP contribution is 2.29. The molecule has 11 nitrogen and oxygen atoms in total. The molecular formula is C25H31F2N7O4. The first-order valence-corrected chi connectivity index (χ1v) is 12.3. The number of nitriles is 1. The fourth-order valence-corrected chi connectivity index (χ4v) is 4.11. The molecular weight excluding hydrogens is 500 g/mol. The Morgan fingerprint density at radius 1 is 1.18 bits per heavy atom. The fourth-order valence-electron chi connectivity index (χ4n) is 4.11. The first-order chi connectivity index (χ1) is 18.1. The molecule has 0 aromatic carbocycles. The Kier molecular flexibility index (Phi) is 8.43. The lowest BCUT2D eigenvalue weighted by atomic mass is 10.0. The predicted octanol–water partition coefficient (Wildman–Crippen LogP) is 3.30. The van der Waals surface area contributed by atoms with Gasteiger partial charge in [-0.25, -0.2) is 23.5 Å². The number of ether oxygens (including phenoxy) is 3. The van der Waals surface area contributed by atoms with Gasteiger partial charge in [-0.05, 0) is 39.3 Å². The molecule has 0 bridgehead atoms. The number of pyridine rings is 2. The molecule has 2 aromatic rings. The zero-order chi connectivity index (χ0) is 27.3. The van der Waals surface area contributed by atoms with Gasteiger partial charge in [-0.15, -0.1) is 0 Å². The Bertz CT molecular complexity index is 1200. The third-order valence-corrected chi connectivity index (χ3v) is 5.91. The van der Waals surface area contributed by atoms with Crippen LogP contribution < -0.4 is 20.9 Å². The third-order valence-electron chi connectivity index (χ3n) is 5.91. The molecule has 3 N–H and O–H groups in total. The van der Waals surface area contributed by atoms with E-state index in [1.54, 1.807) is 25.7 Å². The topological polar surface area (TPSA) is 134 Å². The van der Waals surface area contributed by atoms with Crippen LogP contribution in [0.15, 0.2) is 18.3 Å². The number of hydrogen-bond acceptors (Lipinski definition) is 10. The van der Waals surface area contributed by atoms with Crippen LogP contribution in [0.1, 0.15) is 32.8 Å². The number of nitrogens with zero attached hydrogens (tertiary/aromatic N) is 4. The molecule has 1 amide bonds. The quantitative estimate of drug-likeness (QED) is 0.510. The van der Waals surface area contributed by atoms with Crippen LogP contribution in [0.2, 0.25) is 0 Å². The Hall–Kier alpha value is -3.76. The van der Waals surface area contributed by atoms with Gasteiger partial charge < -0.3 is 35.1 Å². The molecule has 2 fully saturated rings. The Balaban J connectivity index is 1.55. The highest BCUT2D eigenvalue weighted by molar-refractivity contribution is 5.69. The summed E-state index contributed by atoms with van der Waals surface area (Å²) in [6.45, 7) is 7.72. The van der Waals surface area contributed by atoms with E-state index >= 15 is 4.39 Å². The number of anilines is 4. The van der Waals surface area contributed by atoms with Crippen LogP contribution in [0.4, 0.5) is 36.7 Å². The molecule has 4 rings (SSSR count). The maximum Gasteiger partial charge on any atom is 0.408 e. The second kappa shape index (κ2) is 11.7. The molecule has 2 aromatic heterocycles. The smallest absolute Gasteiger partial charge is 0.408 e. The molecule has 38 heavy (non-hydrogen) atoms. The summed E-state index contributed by atoms with van der Waals surface area (Å²) in [5.41, 5.74) is -0.750. The van der Waals surface area contributed by atoms with Crippen LogP contribution >= 0.6 is 0 Å². The van der Waals surface area contributed by atoms with Crippen molar-refractivity contribution in [2.75, 3.05) is 55.1 Å². The number of carbonyl (C=O) groups excluding carboxylic acids is 1. The lowest BCUT2D eigenvalue weighted by Crippen LogP contribution is -2.53. The molecule has 2 aliphatic rings. The van der Waals surface area contributed by atoms with Crippen molar-refractivity contribution in [3.63, 3.8) is 0 Å². The summed E-state index contributed by atoms with van der Waals surface area (Å²) >= 11 is 0. The number of hydrogen-bond donors (Lipinski definition) is 3. The molecule has 204 valence electrons. The first-order valence-electron chi connectivity index (χ1n) is 12.3. The molecule has 13 heteroatoms. The summed E-state index contributed by atoms with van der Waals surface area (Å²) < 4.78 is 46.4. The normalized spacial score (nSPS) is 19.8. The van der Waals surface area contributed by atoms with Crippen LogP contribution in [-0.4, -0.2) is 73.3 Å². The number of aromatic nitrogens is 2. The Morgan fingerprint density at radius 3 is 2.66 bits per heavy atom. The van der Waals surface area contributed by atoms with Crippen LogP contribution in [-0.2, 0) is 14.2 Å². The van der Waals surface area contributed by atoms with Gasteiger partial charge in [0.25, 0.3) is 0 Å². The number of carbonyl (C=O) groups is 1. The molecule has 2 aliphatic heterocycles. The Morgan fingerprint density at radius 2 is 1.95 bits per heavy atom. The molecule has 2 atom stereocenters. The van der Waals surface area contributed by atoms with Gasteiger partial charge in [0, 0.05) is 25.9 Å². The van der Waals surface area contributed by atoms with Crippen molar-refractivity contribution in [3.05, 3.63) is 35.5 Å². The Labute approximate surface area is 219 Å². The lowest BCUT2D eigenvalue weighted by Gasteiger charge is -2.33. The predicted molar refractivity (Wildman–Crippen MR) is 135 cm³/mol. The van der Waals surface area contributed by atoms with Gasteiger partial charge in [-0.3, -0.25) is 0 Å². The van der Waals surface area contributed by atoms with E-state index in [1.807, 2.05) is 6.07 Å².